The summed E-state index contributed by atoms with van der Waals surface area (Å²) in [5.74, 6) is -0.319. The zero-order valence-corrected chi connectivity index (χ0v) is 14.7. The molecular formula is C21H24N2O2. The van der Waals surface area contributed by atoms with Crippen LogP contribution in [-0.4, -0.2) is 24.4 Å². The van der Waals surface area contributed by atoms with E-state index in [9.17, 15) is 9.59 Å². The lowest BCUT2D eigenvalue weighted by Crippen LogP contribution is -2.43. The highest BCUT2D eigenvalue weighted by atomic mass is 16.2. The Balaban J connectivity index is 1.68. The highest BCUT2D eigenvalue weighted by Crippen LogP contribution is 2.24. The van der Waals surface area contributed by atoms with Crippen LogP contribution in [0.25, 0.3) is 0 Å². The fraction of sp³-hybridized carbons (Fsp3) is 0.333. The first-order valence-corrected chi connectivity index (χ1v) is 8.83. The number of anilines is 1. The summed E-state index contributed by atoms with van der Waals surface area (Å²) < 4.78 is 0. The van der Waals surface area contributed by atoms with Crippen molar-refractivity contribution in [2.24, 2.45) is 0 Å². The topological polar surface area (TPSA) is 49.4 Å². The van der Waals surface area contributed by atoms with Crippen LogP contribution < -0.4 is 10.2 Å². The summed E-state index contributed by atoms with van der Waals surface area (Å²) in [6.07, 6.45) is 1.35. The van der Waals surface area contributed by atoms with Crippen LogP contribution in [0.2, 0.25) is 0 Å². The second-order valence-electron chi connectivity index (χ2n) is 6.55. The number of aryl methyl sites for hydroxylation is 1. The zero-order valence-electron chi connectivity index (χ0n) is 14.7. The van der Waals surface area contributed by atoms with Crippen molar-refractivity contribution in [1.82, 2.24) is 5.32 Å². The quantitative estimate of drug-likeness (QED) is 0.909. The van der Waals surface area contributed by atoms with E-state index >= 15 is 0 Å². The van der Waals surface area contributed by atoms with E-state index < -0.39 is 6.04 Å². The molecule has 130 valence electrons. The van der Waals surface area contributed by atoms with Crippen molar-refractivity contribution >= 4 is 17.5 Å². The van der Waals surface area contributed by atoms with E-state index in [4.69, 9.17) is 0 Å². The van der Waals surface area contributed by atoms with Crippen LogP contribution in [0.1, 0.15) is 36.8 Å². The fourth-order valence-corrected chi connectivity index (χ4v) is 3.33. The Morgan fingerprint density at radius 1 is 1.16 bits per heavy atom. The van der Waals surface area contributed by atoms with Crippen molar-refractivity contribution in [3.8, 4) is 0 Å². The molecule has 1 N–H and O–H groups in total. The van der Waals surface area contributed by atoms with Gasteiger partial charge in [-0.1, -0.05) is 55.0 Å². The summed E-state index contributed by atoms with van der Waals surface area (Å²) in [6.45, 7) is 4.65. The van der Waals surface area contributed by atoms with Gasteiger partial charge in [-0.05, 0) is 37.5 Å². The standard InChI is InChI=1S/C21H24N2O2/c1-3-18(16-7-5-4-6-8-16)20(24)22-19-13-14-23(21(19)25)17-11-9-15(2)10-12-17/h4-12,18-19H,3,13-14H2,1-2H3,(H,22,24). The summed E-state index contributed by atoms with van der Waals surface area (Å²) in [7, 11) is 0. The van der Waals surface area contributed by atoms with Gasteiger partial charge >= 0.3 is 0 Å². The number of nitrogens with one attached hydrogen (secondary N) is 1. The van der Waals surface area contributed by atoms with Gasteiger partial charge in [0.15, 0.2) is 0 Å². The van der Waals surface area contributed by atoms with Gasteiger partial charge in [0, 0.05) is 12.2 Å². The van der Waals surface area contributed by atoms with Gasteiger partial charge in [0.2, 0.25) is 11.8 Å². The largest absolute Gasteiger partial charge is 0.344 e. The van der Waals surface area contributed by atoms with Crippen LogP contribution in [0.5, 0.6) is 0 Å². The molecule has 4 nitrogen and oxygen atoms in total. The summed E-state index contributed by atoms with van der Waals surface area (Å²) in [5, 5.41) is 2.96. The lowest BCUT2D eigenvalue weighted by molar-refractivity contribution is -0.127. The first-order valence-electron chi connectivity index (χ1n) is 8.83. The molecule has 1 saturated heterocycles. The van der Waals surface area contributed by atoms with E-state index in [1.165, 1.54) is 0 Å². The van der Waals surface area contributed by atoms with E-state index in [0.29, 0.717) is 19.4 Å². The Labute approximate surface area is 148 Å². The lowest BCUT2D eigenvalue weighted by Gasteiger charge is -2.20. The molecule has 0 aliphatic carbocycles. The third-order valence-electron chi connectivity index (χ3n) is 4.79. The number of benzene rings is 2. The average molecular weight is 336 g/mol. The van der Waals surface area contributed by atoms with Gasteiger partial charge in [-0.15, -0.1) is 0 Å². The molecule has 4 heteroatoms. The molecule has 0 radical (unpaired) electrons. The molecule has 0 bridgehead atoms. The smallest absolute Gasteiger partial charge is 0.249 e. The first-order chi connectivity index (χ1) is 12.1. The maximum atomic E-state index is 12.7. The average Bonchev–Trinajstić information content (AvgIpc) is 2.98. The molecule has 2 aromatic carbocycles. The normalized spacial score (nSPS) is 18.2. The minimum absolute atomic E-state index is 0.0277. The molecule has 1 aliphatic rings. The van der Waals surface area contributed by atoms with Crippen LogP contribution in [0.3, 0.4) is 0 Å². The lowest BCUT2D eigenvalue weighted by atomic mass is 9.95. The molecule has 0 aromatic heterocycles. The predicted molar refractivity (Wildman–Crippen MR) is 99.6 cm³/mol. The van der Waals surface area contributed by atoms with Gasteiger partial charge in [0.1, 0.15) is 6.04 Å². The van der Waals surface area contributed by atoms with Crippen LogP contribution >= 0.6 is 0 Å². The number of nitrogens with zero attached hydrogens (tertiary/aromatic N) is 1. The van der Waals surface area contributed by atoms with E-state index in [0.717, 1.165) is 16.8 Å². The molecule has 25 heavy (non-hydrogen) atoms. The molecule has 2 atom stereocenters. The minimum atomic E-state index is -0.438. The summed E-state index contributed by atoms with van der Waals surface area (Å²) in [6, 6.07) is 17.2. The third-order valence-corrected chi connectivity index (χ3v) is 4.79. The van der Waals surface area contributed by atoms with Crippen LogP contribution in [-0.2, 0) is 9.59 Å². The number of carbonyl (C=O) groups excluding carboxylic acids is 2. The monoisotopic (exact) mass is 336 g/mol. The van der Waals surface area contributed by atoms with Crippen molar-refractivity contribution < 1.29 is 9.59 Å². The van der Waals surface area contributed by atoms with Crippen molar-refractivity contribution in [3.05, 3.63) is 65.7 Å². The van der Waals surface area contributed by atoms with Crippen molar-refractivity contribution in [3.63, 3.8) is 0 Å². The Bertz CT molecular complexity index is 740. The highest BCUT2D eigenvalue weighted by Gasteiger charge is 2.34. The second-order valence-corrected chi connectivity index (χ2v) is 6.55. The number of carbonyl (C=O) groups is 2. The number of amides is 2. The van der Waals surface area contributed by atoms with E-state index in [2.05, 4.69) is 5.32 Å². The molecular weight excluding hydrogens is 312 g/mol. The molecule has 3 rings (SSSR count). The number of hydrogen-bond donors (Lipinski definition) is 1. The third kappa shape index (κ3) is 3.73. The van der Waals surface area contributed by atoms with E-state index in [1.807, 2.05) is 68.4 Å². The molecule has 0 saturated carbocycles. The minimum Gasteiger partial charge on any atom is -0.344 e. The zero-order chi connectivity index (χ0) is 17.8. The first kappa shape index (κ1) is 17.2. The molecule has 2 aromatic rings. The van der Waals surface area contributed by atoms with E-state index in [1.54, 1.807) is 4.90 Å². The molecule has 1 aliphatic heterocycles. The second kappa shape index (κ2) is 7.51. The van der Waals surface area contributed by atoms with Gasteiger partial charge in [-0.25, -0.2) is 0 Å². The molecule has 1 heterocycles. The van der Waals surface area contributed by atoms with E-state index in [-0.39, 0.29) is 17.7 Å². The van der Waals surface area contributed by atoms with Crippen molar-refractivity contribution in [2.75, 3.05) is 11.4 Å². The van der Waals surface area contributed by atoms with Gasteiger partial charge in [-0.2, -0.15) is 0 Å². The molecule has 0 spiro atoms. The van der Waals surface area contributed by atoms with Gasteiger partial charge in [0.25, 0.3) is 0 Å². The maximum absolute atomic E-state index is 12.7. The summed E-state index contributed by atoms with van der Waals surface area (Å²) >= 11 is 0. The Kier molecular flexibility index (Phi) is 5.17. The van der Waals surface area contributed by atoms with Gasteiger partial charge in [-0.3, -0.25) is 9.59 Å². The van der Waals surface area contributed by atoms with Crippen molar-refractivity contribution in [1.29, 1.82) is 0 Å². The molecule has 1 fully saturated rings. The summed E-state index contributed by atoms with van der Waals surface area (Å²) in [5.41, 5.74) is 3.04. The molecule has 2 amide bonds. The maximum Gasteiger partial charge on any atom is 0.249 e. The predicted octanol–water partition coefficient (Wildman–Crippen LogP) is 3.41. The fourth-order valence-electron chi connectivity index (χ4n) is 3.33. The van der Waals surface area contributed by atoms with Gasteiger partial charge < -0.3 is 10.2 Å². The van der Waals surface area contributed by atoms with Crippen LogP contribution in [0.4, 0.5) is 5.69 Å². The number of rotatable bonds is 5. The highest BCUT2D eigenvalue weighted by molar-refractivity contribution is 6.01. The van der Waals surface area contributed by atoms with Crippen molar-refractivity contribution in [2.45, 2.75) is 38.6 Å². The SMILES string of the molecule is CCC(C(=O)NC1CCN(c2ccc(C)cc2)C1=O)c1ccccc1. The number of hydrogen-bond acceptors (Lipinski definition) is 2. The Hall–Kier alpha value is -2.62. The Morgan fingerprint density at radius 2 is 1.84 bits per heavy atom. The summed E-state index contributed by atoms with van der Waals surface area (Å²) in [4.78, 5) is 27.1. The Morgan fingerprint density at radius 3 is 2.48 bits per heavy atom. The van der Waals surface area contributed by atoms with Crippen LogP contribution in [0, 0.1) is 6.92 Å². The molecule has 2 unspecified atom stereocenters. The van der Waals surface area contributed by atoms with Gasteiger partial charge in [0.05, 0.1) is 5.92 Å². The van der Waals surface area contributed by atoms with Crippen LogP contribution in [0.15, 0.2) is 54.6 Å².